The minimum Gasteiger partial charge on any atom is -0.464 e. The molecule has 0 radical (unpaired) electrons. The molecule has 0 aromatic heterocycles. The summed E-state index contributed by atoms with van der Waals surface area (Å²) in [5.74, 6) is -2.61. The molecule has 1 saturated heterocycles. The number of piperidine rings is 1. The zero-order valence-corrected chi connectivity index (χ0v) is 38.0. The summed E-state index contributed by atoms with van der Waals surface area (Å²) >= 11 is 0. The quantitative estimate of drug-likeness (QED) is 0.0362. The zero-order chi connectivity index (χ0) is 46.9. The Bertz CT molecular complexity index is 1420. The smallest absolute Gasteiger partial charge is 0.332 e. The van der Waals surface area contributed by atoms with Crippen molar-refractivity contribution >= 4 is 42.0 Å². The summed E-state index contributed by atoms with van der Waals surface area (Å²) in [6, 6.07) is 18.3. The molecule has 0 saturated carbocycles. The van der Waals surface area contributed by atoms with Gasteiger partial charge >= 0.3 is 11.9 Å². The van der Waals surface area contributed by atoms with Gasteiger partial charge in [0, 0.05) is 20.0 Å². The van der Waals surface area contributed by atoms with E-state index in [0.29, 0.717) is 26.1 Å². The van der Waals surface area contributed by atoms with Crippen molar-refractivity contribution in [3.63, 3.8) is 0 Å². The Hall–Kier alpha value is -5.43. The fourth-order valence-corrected chi connectivity index (χ4v) is 4.86. The molecule has 354 valence electrons. The summed E-state index contributed by atoms with van der Waals surface area (Å²) in [4.78, 5) is 80.6. The largest absolute Gasteiger partial charge is 0.464 e. The van der Waals surface area contributed by atoms with Crippen molar-refractivity contribution in [1.82, 2.24) is 31.5 Å². The summed E-state index contributed by atoms with van der Waals surface area (Å²) in [5.41, 5.74) is 7.83. The monoisotopic (exact) mass is 888 g/mol. The van der Waals surface area contributed by atoms with Crippen LogP contribution < -0.4 is 32.3 Å². The van der Waals surface area contributed by atoms with Crippen LogP contribution >= 0.6 is 0 Å². The van der Waals surface area contributed by atoms with Crippen LogP contribution in [0.1, 0.15) is 76.8 Å². The average Bonchev–Trinajstić information content (AvgIpc) is 3.29. The van der Waals surface area contributed by atoms with Crippen molar-refractivity contribution in [2.24, 2.45) is 11.7 Å². The zero-order valence-electron chi connectivity index (χ0n) is 38.0. The average molecular weight is 888 g/mol. The SMILES string of the molecule is C1CCNCC1.CCCCOC(=O)COCNC(=O)CNC(=O)[C@@H](C)Cc1ccccc1.CCCCOC(=O)COCNC(=O)CNC(=O)[C@@H](N)Cc1ccccc1.CN(C)C=O. The summed E-state index contributed by atoms with van der Waals surface area (Å²) in [7, 11) is 3.38. The van der Waals surface area contributed by atoms with E-state index < -0.39 is 29.8 Å². The lowest BCUT2D eigenvalue weighted by Crippen LogP contribution is -2.46. The van der Waals surface area contributed by atoms with Gasteiger partial charge in [0.25, 0.3) is 0 Å². The summed E-state index contributed by atoms with van der Waals surface area (Å²) in [6.07, 6.45) is 9.45. The highest BCUT2D eigenvalue weighted by molar-refractivity contribution is 5.87. The van der Waals surface area contributed by atoms with E-state index in [1.165, 1.54) is 37.3 Å². The summed E-state index contributed by atoms with van der Waals surface area (Å²) in [5, 5.41) is 13.2. The Morgan fingerprint density at radius 2 is 1.11 bits per heavy atom. The predicted molar refractivity (Wildman–Crippen MR) is 240 cm³/mol. The first kappa shape index (κ1) is 57.6. The fourth-order valence-electron chi connectivity index (χ4n) is 4.86. The molecular weight excluding hydrogens is 815 g/mol. The van der Waals surface area contributed by atoms with Crippen LogP contribution in [0.5, 0.6) is 0 Å². The molecule has 1 heterocycles. The number of nitrogens with one attached hydrogen (secondary N) is 5. The molecule has 0 aliphatic carbocycles. The number of hydrogen-bond acceptors (Lipinski definition) is 13. The second kappa shape index (κ2) is 39.4. The molecule has 0 bridgehead atoms. The van der Waals surface area contributed by atoms with Crippen molar-refractivity contribution in [1.29, 1.82) is 0 Å². The molecule has 1 aliphatic heterocycles. The normalized spacial score (nSPS) is 12.3. The molecule has 7 N–H and O–H groups in total. The lowest BCUT2D eigenvalue weighted by atomic mass is 10.0. The van der Waals surface area contributed by atoms with Crippen molar-refractivity contribution in [3.8, 4) is 0 Å². The third-order valence-corrected chi connectivity index (χ3v) is 8.44. The molecule has 2 aromatic carbocycles. The molecule has 3 rings (SSSR count). The maximum Gasteiger partial charge on any atom is 0.332 e. The van der Waals surface area contributed by atoms with Gasteiger partial charge in [-0.25, -0.2) is 9.59 Å². The maximum absolute atomic E-state index is 12.0. The van der Waals surface area contributed by atoms with Crippen molar-refractivity contribution < 1.29 is 52.5 Å². The second-order valence-electron chi connectivity index (χ2n) is 14.5. The van der Waals surface area contributed by atoms with Gasteiger partial charge in [0.15, 0.2) is 0 Å². The van der Waals surface area contributed by atoms with E-state index in [1.54, 1.807) is 14.1 Å². The number of nitrogens with zero attached hydrogens (tertiary/aromatic N) is 1. The molecule has 2 aromatic rings. The number of rotatable bonds is 25. The molecule has 5 amide bonds. The first-order valence-electron chi connectivity index (χ1n) is 21.5. The molecule has 18 heteroatoms. The van der Waals surface area contributed by atoms with Crippen LogP contribution in [-0.4, -0.2) is 133 Å². The van der Waals surface area contributed by atoms with Gasteiger partial charge in [-0.3, -0.25) is 24.0 Å². The minimum atomic E-state index is -0.737. The van der Waals surface area contributed by atoms with Gasteiger partial charge in [-0.1, -0.05) is 101 Å². The van der Waals surface area contributed by atoms with E-state index in [0.717, 1.165) is 43.2 Å². The van der Waals surface area contributed by atoms with Crippen LogP contribution in [-0.2, 0) is 65.4 Å². The maximum atomic E-state index is 12.0. The van der Waals surface area contributed by atoms with Crippen LogP contribution in [0.25, 0.3) is 0 Å². The molecule has 0 unspecified atom stereocenters. The first-order chi connectivity index (χ1) is 30.3. The number of nitrogens with two attached hydrogens (primary N) is 1. The highest BCUT2D eigenvalue weighted by Gasteiger charge is 2.16. The van der Waals surface area contributed by atoms with Gasteiger partial charge in [0.05, 0.1) is 32.3 Å². The molecule has 1 fully saturated rings. The highest BCUT2D eigenvalue weighted by atomic mass is 16.6. The van der Waals surface area contributed by atoms with E-state index in [9.17, 15) is 33.6 Å². The van der Waals surface area contributed by atoms with Gasteiger partial charge in [0.2, 0.25) is 30.0 Å². The second-order valence-corrected chi connectivity index (χ2v) is 14.5. The lowest BCUT2D eigenvalue weighted by molar-refractivity contribution is -0.150. The van der Waals surface area contributed by atoms with E-state index in [2.05, 4.69) is 26.6 Å². The number of carbonyl (C=O) groups excluding carboxylic acids is 7. The third-order valence-electron chi connectivity index (χ3n) is 8.44. The van der Waals surface area contributed by atoms with Gasteiger partial charge in [-0.2, -0.15) is 0 Å². The topological polar surface area (TPSA) is 246 Å². The fraction of sp³-hybridized carbons (Fsp3) is 0.578. The number of benzene rings is 2. The van der Waals surface area contributed by atoms with Gasteiger partial charge in [-0.15, -0.1) is 0 Å². The molecule has 0 spiro atoms. The number of ether oxygens (including phenoxy) is 4. The minimum absolute atomic E-state index is 0.114. The Morgan fingerprint density at radius 3 is 1.49 bits per heavy atom. The number of unbranched alkanes of at least 4 members (excludes halogenated alkanes) is 2. The molecule has 1 aliphatic rings. The Labute approximate surface area is 373 Å². The highest BCUT2D eigenvalue weighted by Crippen LogP contribution is 2.08. The number of carbonyl (C=O) groups is 7. The van der Waals surface area contributed by atoms with Gasteiger partial charge in [-0.05, 0) is 62.7 Å². The molecule has 2 atom stereocenters. The van der Waals surface area contributed by atoms with Gasteiger partial charge in [0.1, 0.15) is 26.7 Å². The first-order valence-corrected chi connectivity index (χ1v) is 21.5. The van der Waals surface area contributed by atoms with Crippen molar-refractivity contribution in [2.45, 2.75) is 84.6 Å². The number of esters is 2. The Kier molecular flexibility index (Phi) is 36.0. The van der Waals surface area contributed by atoms with Crippen LogP contribution in [0.2, 0.25) is 0 Å². The number of amides is 5. The van der Waals surface area contributed by atoms with Crippen LogP contribution in [0, 0.1) is 5.92 Å². The number of hydrogen-bond donors (Lipinski definition) is 6. The molecular formula is C45H73N7O11. The van der Waals surface area contributed by atoms with Crippen molar-refractivity contribution in [2.75, 3.05) is 80.2 Å². The summed E-state index contributed by atoms with van der Waals surface area (Å²) < 4.78 is 19.8. The standard InChI is InChI=1S/C19H28N2O5.C18H27N3O5.C5H11N.C3H7NO/c1-3-4-10-26-18(23)13-25-14-21-17(22)12-20-19(24)15(2)11-16-8-6-5-7-9-16;1-2-3-9-26-17(23)12-25-13-21-16(22)11-20-18(24)15(19)10-14-7-5-4-6-8-14;1-2-4-6-5-3-1;1-4(2)3-5/h5-9,15H,3-4,10-14H2,1-2H3,(H,20,24)(H,21,22);4-8,15H,2-3,9-13,19H2,1H3,(H,20,24)(H,21,22);6H,1-5H2;3H,1-2H3/t2*15-;;/m00../s1. The Morgan fingerprint density at radius 1 is 0.683 bits per heavy atom. The lowest BCUT2D eigenvalue weighted by Gasteiger charge is -2.12. The summed E-state index contributed by atoms with van der Waals surface area (Å²) in [6.45, 7) is 7.97. The molecule has 63 heavy (non-hydrogen) atoms. The third kappa shape index (κ3) is 35.8. The van der Waals surface area contributed by atoms with Crippen LogP contribution in [0.4, 0.5) is 0 Å². The van der Waals surface area contributed by atoms with Crippen molar-refractivity contribution in [3.05, 3.63) is 71.8 Å². The van der Waals surface area contributed by atoms with E-state index >= 15 is 0 Å². The van der Waals surface area contributed by atoms with Crippen LogP contribution in [0.3, 0.4) is 0 Å². The van der Waals surface area contributed by atoms with E-state index in [-0.39, 0.29) is 57.5 Å². The Balaban J connectivity index is 0.000000979. The van der Waals surface area contributed by atoms with Gasteiger partial charge < -0.3 is 56.2 Å². The predicted octanol–water partition coefficient (Wildman–Crippen LogP) is 1.99. The van der Waals surface area contributed by atoms with E-state index in [1.807, 2.05) is 81.4 Å². The van der Waals surface area contributed by atoms with E-state index in [4.69, 9.17) is 24.7 Å². The molecule has 18 nitrogen and oxygen atoms in total. The van der Waals surface area contributed by atoms with Crippen LogP contribution in [0.15, 0.2) is 60.7 Å².